The lowest BCUT2D eigenvalue weighted by Gasteiger charge is -2.06. The van der Waals surface area contributed by atoms with Crippen LogP contribution in [0.2, 0.25) is 5.02 Å². The minimum absolute atomic E-state index is 0.122. The summed E-state index contributed by atoms with van der Waals surface area (Å²) in [7, 11) is 0. The van der Waals surface area contributed by atoms with Gasteiger partial charge in [-0.2, -0.15) is 0 Å². The number of nitrogens with one attached hydrogen (secondary N) is 1. The molecule has 1 N–H and O–H groups in total. The summed E-state index contributed by atoms with van der Waals surface area (Å²) in [6.07, 6.45) is 2.09. The molecule has 0 aliphatic carbocycles. The van der Waals surface area contributed by atoms with Gasteiger partial charge < -0.3 is 9.73 Å². The van der Waals surface area contributed by atoms with Crippen molar-refractivity contribution in [2.75, 3.05) is 5.32 Å². The van der Waals surface area contributed by atoms with Crippen LogP contribution in [0.4, 0.5) is 5.13 Å². The molecule has 1 aromatic carbocycles. The third-order valence-electron chi connectivity index (χ3n) is 4.21. The lowest BCUT2D eigenvalue weighted by Crippen LogP contribution is -2.19. The molecule has 138 valence electrons. The number of fused-ring (bicyclic) bond motifs is 1. The zero-order valence-corrected chi connectivity index (χ0v) is 16.1. The Labute approximate surface area is 159 Å². The molecule has 0 fully saturated rings. The number of hydrogen-bond acceptors (Lipinski definition) is 6. The Bertz CT molecular complexity index is 974. The second kappa shape index (κ2) is 8.01. The van der Waals surface area contributed by atoms with Gasteiger partial charge in [0.2, 0.25) is 11.0 Å². The molecule has 0 bridgehead atoms. The number of anilines is 1. The average molecular weight is 395 g/mol. The number of hydrogen-bond donors (Lipinski definition) is 1. The van der Waals surface area contributed by atoms with Gasteiger partial charge in [0.1, 0.15) is 5.01 Å². The van der Waals surface area contributed by atoms with Crippen LogP contribution in [0.5, 0.6) is 0 Å². The number of aryl methyl sites for hydroxylation is 1. The number of rotatable bonds is 7. The van der Waals surface area contributed by atoms with Crippen molar-refractivity contribution in [1.82, 2.24) is 14.8 Å². The normalized spacial score (nSPS) is 11.4. The fraction of sp³-hybridized carbons (Fsp3) is 0.412. The van der Waals surface area contributed by atoms with Crippen LogP contribution in [0.15, 0.2) is 27.4 Å². The van der Waals surface area contributed by atoms with E-state index in [-0.39, 0.29) is 18.9 Å². The van der Waals surface area contributed by atoms with E-state index in [2.05, 4.69) is 29.4 Å². The standard InChI is InChI=1S/C17H19ClN4O3S/c1-3-10(4-2)15-20-21-16(26-15)19-14(23)7-8-22-12-6-5-11(18)9-13(12)25-17(22)24/h5-6,9-10H,3-4,7-8H2,1-2H3,(H,19,21,23). The first-order chi connectivity index (χ1) is 12.5. The fourth-order valence-corrected chi connectivity index (χ4v) is 3.92. The Balaban J connectivity index is 1.65. The highest BCUT2D eigenvalue weighted by molar-refractivity contribution is 7.15. The van der Waals surface area contributed by atoms with Gasteiger partial charge in [0.15, 0.2) is 5.58 Å². The number of carbonyl (C=O) groups excluding carboxylic acids is 1. The van der Waals surface area contributed by atoms with Gasteiger partial charge in [-0.15, -0.1) is 10.2 Å². The summed E-state index contributed by atoms with van der Waals surface area (Å²) in [5.74, 6) is -0.379. The number of aromatic nitrogens is 3. The van der Waals surface area contributed by atoms with Gasteiger partial charge in [-0.1, -0.05) is 36.8 Å². The number of amides is 1. The molecule has 3 rings (SSSR count). The molecule has 0 aliphatic rings. The predicted molar refractivity (Wildman–Crippen MR) is 102 cm³/mol. The van der Waals surface area contributed by atoms with Crippen LogP contribution in [0, 0.1) is 0 Å². The third kappa shape index (κ3) is 3.96. The minimum Gasteiger partial charge on any atom is -0.408 e. The summed E-state index contributed by atoms with van der Waals surface area (Å²) in [6.45, 7) is 4.42. The van der Waals surface area contributed by atoms with E-state index in [0.717, 1.165) is 17.8 Å². The van der Waals surface area contributed by atoms with Gasteiger partial charge in [-0.25, -0.2) is 4.79 Å². The number of halogens is 1. The van der Waals surface area contributed by atoms with Gasteiger partial charge in [0.25, 0.3) is 0 Å². The van der Waals surface area contributed by atoms with Crippen LogP contribution in [-0.4, -0.2) is 20.7 Å². The number of oxazole rings is 1. The summed E-state index contributed by atoms with van der Waals surface area (Å²) in [5.41, 5.74) is 1.01. The topological polar surface area (TPSA) is 90.0 Å². The van der Waals surface area contributed by atoms with Crippen molar-refractivity contribution < 1.29 is 9.21 Å². The van der Waals surface area contributed by atoms with Crippen LogP contribution in [0.3, 0.4) is 0 Å². The van der Waals surface area contributed by atoms with E-state index in [4.69, 9.17) is 16.0 Å². The molecule has 26 heavy (non-hydrogen) atoms. The molecule has 0 saturated heterocycles. The minimum atomic E-state index is -0.512. The predicted octanol–water partition coefficient (Wildman–Crippen LogP) is 4.03. The highest BCUT2D eigenvalue weighted by atomic mass is 35.5. The Morgan fingerprint density at radius 3 is 2.85 bits per heavy atom. The molecule has 7 nitrogen and oxygen atoms in total. The zero-order chi connectivity index (χ0) is 18.7. The Hall–Kier alpha value is -2.19. The fourth-order valence-electron chi connectivity index (χ4n) is 2.74. The van der Waals surface area contributed by atoms with Crippen molar-refractivity contribution in [1.29, 1.82) is 0 Å². The molecule has 9 heteroatoms. The molecule has 2 aromatic heterocycles. The first-order valence-electron chi connectivity index (χ1n) is 8.44. The van der Waals surface area contributed by atoms with Crippen LogP contribution in [-0.2, 0) is 11.3 Å². The molecule has 0 spiro atoms. The molecular formula is C17H19ClN4O3S. The van der Waals surface area contributed by atoms with Gasteiger partial charge >= 0.3 is 5.76 Å². The molecule has 3 aromatic rings. The van der Waals surface area contributed by atoms with Crippen molar-refractivity contribution in [2.24, 2.45) is 0 Å². The average Bonchev–Trinajstić information content (AvgIpc) is 3.17. The highest BCUT2D eigenvalue weighted by Crippen LogP contribution is 2.28. The SMILES string of the molecule is CCC(CC)c1nnc(NC(=O)CCn2c(=O)oc3cc(Cl)ccc32)s1. The second-order valence-electron chi connectivity index (χ2n) is 5.89. The molecule has 0 saturated carbocycles. The lowest BCUT2D eigenvalue weighted by atomic mass is 10.1. The summed E-state index contributed by atoms with van der Waals surface area (Å²) in [4.78, 5) is 24.2. The molecule has 2 heterocycles. The zero-order valence-electron chi connectivity index (χ0n) is 14.5. The molecule has 0 unspecified atom stereocenters. The maximum absolute atomic E-state index is 12.2. The third-order valence-corrected chi connectivity index (χ3v) is 5.45. The van der Waals surface area contributed by atoms with Crippen LogP contribution >= 0.6 is 22.9 Å². The lowest BCUT2D eigenvalue weighted by molar-refractivity contribution is -0.116. The maximum atomic E-state index is 12.2. The van der Waals surface area contributed by atoms with Gasteiger partial charge in [0, 0.05) is 30.0 Å². The summed E-state index contributed by atoms with van der Waals surface area (Å²) in [5, 5.41) is 12.8. The van der Waals surface area contributed by atoms with Crippen molar-refractivity contribution in [3.8, 4) is 0 Å². The van der Waals surface area contributed by atoms with E-state index < -0.39 is 5.76 Å². The van der Waals surface area contributed by atoms with Crippen molar-refractivity contribution in [3.05, 3.63) is 38.8 Å². The Kier molecular flexibility index (Phi) is 5.73. The summed E-state index contributed by atoms with van der Waals surface area (Å²) in [6, 6.07) is 4.96. The monoisotopic (exact) mass is 394 g/mol. The van der Waals surface area contributed by atoms with Gasteiger partial charge in [0.05, 0.1) is 5.52 Å². The molecule has 1 amide bonds. The highest BCUT2D eigenvalue weighted by Gasteiger charge is 2.15. The van der Waals surface area contributed by atoms with E-state index >= 15 is 0 Å². The Morgan fingerprint density at radius 1 is 1.35 bits per heavy atom. The maximum Gasteiger partial charge on any atom is 0.419 e. The van der Waals surface area contributed by atoms with E-state index in [1.54, 1.807) is 18.2 Å². The summed E-state index contributed by atoms with van der Waals surface area (Å²) >= 11 is 7.29. The smallest absolute Gasteiger partial charge is 0.408 e. The quantitative estimate of drug-likeness (QED) is 0.653. The summed E-state index contributed by atoms with van der Waals surface area (Å²) < 4.78 is 6.57. The first-order valence-corrected chi connectivity index (χ1v) is 9.63. The van der Waals surface area contributed by atoms with E-state index in [9.17, 15) is 9.59 Å². The number of nitrogens with zero attached hydrogens (tertiary/aromatic N) is 3. The van der Waals surface area contributed by atoms with Crippen LogP contribution < -0.4 is 11.1 Å². The van der Waals surface area contributed by atoms with E-state index in [1.165, 1.54) is 15.9 Å². The van der Waals surface area contributed by atoms with E-state index in [1.807, 2.05) is 0 Å². The molecule has 0 aliphatic heterocycles. The molecular weight excluding hydrogens is 376 g/mol. The van der Waals surface area contributed by atoms with Crippen LogP contribution in [0.25, 0.3) is 11.1 Å². The molecule has 0 radical (unpaired) electrons. The van der Waals surface area contributed by atoms with Crippen molar-refractivity contribution in [2.45, 2.75) is 45.6 Å². The van der Waals surface area contributed by atoms with Crippen molar-refractivity contribution >= 4 is 45.1 Å². The van der Waals surface area contributed by atoms with E-state index in [0.29, 0.717) is 27.2 Å². The molecule has 0 atom stereocenters. The van der Waals surface area contributed by atoms with Gasteiger partial charge in [-0.05, 0) is 25.0 Å². The number of carbonyl (C=O) groups is 1. The Morgan fingerprint density at radius 2 is 2.12 bits per heavy atom. The van der Waals surface area contributed by atoms with Crippen molar-refractivity contribution in [3.63, 3.8) is 0 Å². The second-order valence-corrected chi connectivity index (χ2v) is 7.33. The van der Waals surface area contributed by atoms with Crippen LogP contribution in [0.1, 0.15) is 44.0 Å². The number of benzene rings is 1. The first kappa shape index (κ1) is 18.6. The largest absolute Gasteiger partial charge is 0.419 e. The van der Waals surface area contributed by atoms with Gasteiger partial charge in [-0.3, -0.25) is 9.36 Å².